The van der Waals surface area contributed by atoms with Crippen LogP contribution in [0.1, 0.15) is 27.2 Å². The fourth-order valence-corrected chi connectivity index (χ4v) is 1.97. The third-order valence-corrected chi connectivity index (χ3v) is 3.22. The van der Waals surface area contributed by atoms with Crippen LogP contribution < -0.4 is 5.32 Å². The van der Waals surface area contributed by atoms with E-state index in [1.807, 2.05) is 6.92 Å². The van der Waals surface area contributed by atoms with Gasteiger partial charge in [0.2, 0.25) is 5.91 Å². The van der Waals surface area contributed by atoms with Gasteiger partial charge in [0.15, 0.2) is 0 Å². The molecule has 1 atom stereocenters. The van der Waals surface area contributed by atoms with Crippen LogP contribution in [0, 0.1) is 11.8 Å². The molecule has 0 bridgehead atoms. The normalized spacial score (nSPS) is 12.5. The molecule has 0 aliphatic carbocycles. The van der Waals surface area contributed by atoms with Gasteiger partial charge < -0.3 is 10.4 Å². The summed E-state index contributed by atoms with van der Waals surface area (Å²) in [5.41, 5.74) is 0. The molecule has 0 saturated carbocycles. The van der Waals surface area contributed by atoms with Gasteiger partial charge in [0.05, 0.1) is 5.75 Å². The van der Waals surface area contributed by atoms with E-state index in [4.69, 9.17) is 5.11 Å². The van der Waals surface area contributed by atoms with E-state index in [1.54, 1.807) is 11.8 Å². The zero-order valence-corrected chi connectivity index (χ0v) is 11.0. The van der Waals surface area contributed by atoms with Crippen molar-refractivity contribution in [2.45, 2.75) is 27.2 Å². The Balaban J connectivity index is 3.53. The SMILES string of the molecule is CC(C)CSCC(=O)NCC(C)CC(=O)O. The topological polar surface area (TPSA) is 66.4 Å². The minimum absolute atomic E-state index is 0.0112. The van der Waals surface area contributed by atoms with Crippen molar-refractivity contribution in [3.63, 3.8) is 0 Å². The number of carboxylic acid groups (broad SMARTS) is 1. The summed E-state index contributed by atoms with van der Waals surface area (Å²) in [6, 6.07) is 0. The molecule has 0 fully saturated rings. The molecule has 1 amide bonds. The average Bonchev–Trinajstić information content (AvgIpc) is 2.13. The highest BCUT2D eigenvalue weighted by Crippen LogP contribution is 2.06. The average molecular weight is 247 g/mol. The summed E-state index contributed by atoms with van der Waals surface area (Å²) in [6.07, 6.45) is 0.0966. The zero-order valence-electron chi connectivity index (χ0n) is 10.2. The van der Waals surface area contributed by atoms with Crippen molar-refractivity contribution in [2.24, 2.45) is 11.8 Å². The standard InChI is InChI=1S/C11H21NO3S/c1-8(2)6-16-7-10(13)12-5-9(3)4-11(14)15/h8-9H,4-7H2,1-3H3,(H,12,13)(H,14,15). The maximum Gasteiger partial charge on any atom is 0.303 e. The molecule has 4 nitrogen and oxygen atoms in total. The molecule has 5 heteroatoms. The van der Waals surface area contributed by atoms with Crippen LogP contribution in [0.25, 0.3) is 0 Å². The van der Waals surface area contributed by atoms with Gasteiger partial charge in [-0.3, -0.25) is 9.59 Å². The van der Waals surface area contributed by atoms with Gasteiger partial charge >= 0.3 is 5.97 Å². The van der Waals surface area contributed by atoms with Gasteiger partial charge in [0, 0.05) is 13.0 Å². The molecule has 0 aromatic rings. The smallest absolute Gasteiger partial charge is 0.303 e. The van der Waals surface area contributed by atoms with Crippen molar-refractivity contribution >= 4 is 23.6 Å². The van der Waals surface area contributed by atoms with Crippen LogP contribution >= 0.6 is 11.8 Å². The van der Waals surface area contributed by atoms with E-state index in [1.165, 1.54) is 0 Å². The minimum Gasteiger partial charge on any atom is -0.481 e. The van der Waals surface area contributed by atoms with Gasteiger partial charge in [0.1, 0.15) is 0 Å². The van der Waals surface area contributed by atoms with Gasteiger partial charge in [-0.25, -0.2) is 0 Å². The van der Waals surface area contributed by atoms with Crippen molar-refractivity contribution < 1.29 is 14.7 Å². The van der Waals surface area contributed by atoms with Crippen LogP contribution in [0.2, 0.25) is 0 Å². The van der Waals surface area contributed by atoms with Crippen molar-refractivity contribution in [1.82, 2.24) is 5.32 Å². The molecule has 16 heavy (non-hydrogen) atoms. The van der Waals surface area contributed by atoms with E-state index in [-0.39, 0.29) is 18.2 Å². The Kier molecular flexibility index (Phi) is 8.07. The molecule has 0 aliphatic rings. The van der Waals surface area contributed by atoms with Crippen LogP contribution in [0.4, 0.5) is 0 Å². The summed E-state index contributed by atoms with van der Waals surface area (Å²) >= 11 is 1.61. The molecular weight excluding hydrogens is 226 g/mol. The predicted molar refractivity (Wildman–Crippen MR) is 66.6 cm³/mol. The van der Waals surface area contributed by atoms with Gasteiger partial charge in [0.25, 0.3) is 0 Å². The number of carboxylic acids is 1. The minimum atomic E-state index is -0.823. The van der Waals surface area contributed by atoms with Crippen LogP contribution in [-0.4, -0.2) is 35.0 Å². The Hall–Kier alpha value is -0.710. The number of nitrogens with one attached hydrogen (secondary N) is 1. The number of thioether (sulfide) groups is 1. The number of hydrogen-bond acceptors (Lipinski definition) is 3. The van der Waals surface area contributed by atoms with Crippen molar-refractivity contribution in [3.05, 3.63) is 0 Å². The van der Waals surface area contributed by atoms with Gasteiger partial charge in [-0.05, 0) is 17.6 Å². The third kappa shape index (κ3) is 9.83. The number of carbonyl (C=O) groups is 2. The second kappa shape index (κ2) is 8.44. The summed E-state index contributed by atoms with van der Waals surface area (Å²) < 4.78 is 0. The van der Waals surface area contributed by atoms with E-state index in [0.717, 1.165) is 5.75 Å². The van der Waals surface area contributed by atoms with E-state index in [0.29, 0.717) is 18.2 Å². The number of amides is 1. The first-order valence-electron chi connectivity index (χ1n) is 5.48. The van der Waals surface area contributed by atoms with E-state index in [9.17, 15) is 9.59 Å². The molecule has 0 spiro atoms. The van der Waals surface area contributed by atoms with Gasteiger partial charge in [-0.2, -0.15) is 11.8 Å². The van der Waals surface area contributed by atoms with E-state index >= 15 is 0 Å². The monoisotopic (exact) mass is 247 g/mol. The Labute approximate surface area is 101 Å². The fourth-order valence-electron chi connectivity index (χ4n) is 1.10. The lowest BCUT2D eigenvalue weighted by Crippen LogP contribution is -2.30. The summed E-state index contributed by atoms with van der Waals surface area (Å²) in [7, 11) is 0. The van der Waals surface area contributed by atoms with Crippen LogP contribution in [-0.2, 0) is 9.59 Å². The molecule has 1 unspecified atom stereocenters. The van der Waals surface area contributed by atoms with Crippen molar-refractivity contribution in [2.75, 3.05) is 18.1 Å². The number of carbonyl (C=O) groups excluding carboxylic acids is 1. The summed E-state index contributed by atoms with van der Waals surface area (Å²) in [4.78, 5) is 21.7. The fraction of sp³-hybridized carbons (Fsp3) is 0.818. The first-order valence-corrected chi connectivity index (χ1v) is 6.63. The summed E-state index contributed by atoms with van der Waals surface area (Å²) in [5.74, 6) is 1.16. The van der Waals surface area contributed by atoms with Crippen molar-refractivity contribution in [1.29, 1.82) is 0 Å². The van der Waals surface area contributed by atoms with Crippen molar-refractivity contribution in [3.8, 4) is 0 Å². The predicted octanol–water partition coefficient (Wildman–Crippen LogP) is 1.60. The highest BCUT2D eigenvalue weighted by molar-refractivity contribution is 7.99. The van der Waals surface area contributed by atoms with Crippen LogP contribution in [0.3, 0.4) is 0 Å². The Morgan fingerprint density at radius 3 is 2.44 bits per heavy atom. The zero-order chi connectivity index (χ0) is 12.6. The molecule has 0 saturated heterocycles. The largest absolute Gasteiger partial charge is 0.481 e. The van der Waals surface area contributed by atoms with Crippen LogP contribution in [0.15, 0.2) is 0 Å². The van der Waals surface area contributed by atoms with E-state index < -0.39 is 5.97 Å². The highest BCUT2D eigenvalue weighted by atomic mass is 32.2. The number of rotatable bonds is 8. The number of hydrogen-bond donors (Lipinski definition) is 2. The molecule has 0 aromatic heterocycles. The molecular formula is C11H21NO3S. The first kappa shape index (κ1) is 15.3. The van der Waals surface area contributed by atoms with Gasteiger partial charge in [-0.1, -0.05) is 20.8 Å². The van der Waals surface area contributed by atoms with Gasteiger partial charge in [-0.15, -0.1) is 0 Å². The maximum atomic E-state index is 11.3. The third-order valence-electron chi connectivity index (χ3n) is 1.86. The van der Waals surface area contributed by atoms with E-state index in [2.05, 4.69) is 19.2 Å². The molecule has 0 radical (unpaired) electrons. The first-order chi connectivity index (χ1) is 7.41. The molecule has 0 aromatic carbocycles. The molecule has 2 N–H and O–H groups in total. The lowest BCUT2D eigenvalue weighted by molar-refractivity contribution is -0.138. The van der Waals surface area contributed by atoms with Crippen LogP contribution in [0.5, 0.6) is 0 Å². The Morgan fingerprint density at radius 2 is 1.94 bits per heavy atom. The molecule has 94 valence electrons. The summed E-state index contributed by atoms with van der Waals surface area (Å²) in [5, 5.41) is 11.3. The summed E-state index contributed by atoms with van der Waals surface area (Å²) in [6.45, 7) is 6.47. The molecule has 0 heterocycles. The number of aliphatic carboxylic acids is 1. The molecule has 0 aliphatic heterocycles. The quantitative estimate of drug-likeness (QED) is 0.684. The second-order valence-corrected chi connectivity index (χ2v) is 5.45. The second-order valence-electron chi connectivity index (χ2n) is 4.42. The lowest BCUT2D eigenvalue weighted by atomic mass is 10.1. The lowest BCUT2D eigenvalue weighted by Gasteiger charge is -2.10. The Morgan fingerprint density at radius 1 is 1.31 bits per heavy atom. The highest BCUT2D eigenvalue weighted by Gasteiger charge is 2.09. The maximum absolute atomic E-state index is 11.3. The molecule has 0 rings (SSSR count). The Bertz CT molecular complexity index is 231.